The van der Waals surface area contributed by atoms with E-state index in [0.717, 1.165) is 19.2 Å². The van der Waals surface area contributed by atoms with Crippen molar-refractivity contribution in [1.82, 2.24) is 4.72 Å². The summed E-state index contributed by atoms with van der Waals surface area (Å²) in [5.41, 5.74) is 5.08. The minimum atomic E-state index is -4.18. The van der Waals surface area contributed by atoms with Gasteiger partial charge in [0, 0.05) is 5.69 Å². The van der Waals surface area contributed by atoms with Gasteiger partial charge in [-0.2, -0.15) is 4.72 Å². The van der Waals surface area contributed by atoms with Gasteiger partial charge in [-0.3, -0.25) is 4.79 Å². The largest absolute Gasteiger partial charge is 0.478 e. The van der Waals surface area contributed by atoms with Gasteiger partial charge in [-0.25, -0.2) is 13.2 Å². The Kier molecular flexibility index (Phi) is 4.46. The predicted octanol–water partition coefficient (Wildman–Crippen LogP) is -0.582. The monoisotopic (exact) mass is 288 g/mol. The molecular weight excluding hydrogens is 276 g/mol. The molecule has 9 heteroatoms. The fraction of sp³-hybridized carbons (Fsp3) is 0.200. The van der Waals surface area contributed by atoms with Crippen molar-refractivity contribution < 1.29 is 27.9 Å². The summed E-state index contributed by atoms with van der Waals surface area (Å²) in [7, 11) is -3.08. The molecule has 1 rings (SSSR count). The van der Waals surface area contributed by atoms with Crippen LogP contribution in [0.25, 0.3) is 0 Å². The van der Waals surface area contributed by atoms with Crippen LogP contribution in [0.5, 0.6) is 0 Å². The summed E-state index contributed by atoms with van der Waals surface area (Å²) in [5.74, 6) is -2.22. The Morgan fingerprint density at radius 1 is 1.42 bits per heavy atom. The number of carboxylic acids is 1. The molecule has 4 N–H and O–H groups in total. The smallest absolute Gasteiger partial charge is 0.337 e. The van der Waals surface area contributed by atoms with E-state index in [2.05, 4.69) is 4.74 Å². The maximum atomic E-state index is 11.9. The van der Waals surface area contributed by atoms with Crippen molar-refractivity contribution in [3.05, 3.63) is 23.8 Å². The van der Waals surface area contributed by atoms with Crippen molar-refractivity contribution in [2.75, 3.05) is 19.4 Å². The number of nitrogen functional groups attached to an aromatic ring is 1. The molecule has 0 atom stereocenters. The first-order chi connectivity index (χ1) is 8.77. The second kappa shape index (κ2) is 5.67. The van der Waals surface area contributed by atoms with Crippen molar-refractivity contribution in [3.63, 3.8) is 0 Å². The van der Waals surface area contributed by atoms with E-state index in [1.807, 2.05) is 4.72 Å². The zero-order chi connectivity index (χ0) is 14.6. The maximum absolute atomic E-state index is 11.9. The van der Waals surface area contributed by atoms with Gasteiger partial charge in [0.05, 0.1) is 17.6 Å². The lowest BCUT2D eigenvalue weighted by atomic mass is 10.2. The number of hydrogen-bond acceptors (Lipinski definition) is 6. The van der Waals surface area contributed by atoms with Gasteiger partial charge in [-0.05, 0) is 18.2 Å². The normalized spacial score (nSPS) is 11.0. The average Bonchev–Trinajstić information content (AvgIpc) is 2.35. The van der Waals surface area contributed by atoms with Crippen LogP contribution in [-0.2, 0) is 19.6 Å². The molecule has 0 spiro atoms. The Bertz CT molecular complexity index is 610. The number of aromatic carboxylic acids is 1. The van der Waals surface area contributed by atoms with Crippen LogP contribution in [0, 0.1) is 0 Å². The summed E-state index contributed by atoms with van der Waals surface area (Å²) in [6.45, 7) is -0.604. The summed E-state index contributed by atoms with van der Waals surface area (Å²) in [6, 6.07) is 3.34. The molecule has 8 nitrogen and oxygen atoms in total. The molecule has 0 amide bonds. The number of benzene rings is 1. The van der Waals surface area contributed by atoms with Gasteiger partial charge >= 0.3 is 11.9 Å². The van der Waals surface area contributed by atoms with E-state index in [0.29, 0.717) is 0 Å². The van der Waals surface area contributed by atoms with Crippen LogP contribution in [0.2, 0.25) is 0 Å². The summed E-state index contributed by atoms with van der Waals surface area (Å²) in [5, 5.41) is 8.92. The highest BCUT2D eigenvalue weighted by Crippen LogP contribution is 2.19. The number of hydrogen-bond donors (Lipinski definition) is 3. The second-order valence-corrected chi connectivity index (χ2v) is 5.20. The van der Waals surface area contributed by atoms with Gasteiger partial charge in [0.25, 0.3) is 0 Å². The molecule has 0 bridgehead atoms. The standard InChI is InChI=1S/C10H12N2O6S/c1-18-9(13)5-12-19(16,17)8-4-6(11)2-3-7(8)10(14)15/h2-4,12H,5,11H2,1H3,(H,14,15). The summed E-state index contributed by atoms with van der Waals surface area (Å²) in [4.78, 5) is 21.3. The highest BCUT2D eigenvalue weighted by Gasteiger charge is 2.23. The van der Waals surface area contributed by atoms with Gasteiger partial charge in [0.15, 0.2) is 0 Å². The van der Waals surface area contributed by atoms with Crippen LogP contribution >= 0.6 is 0 Å². The maximum Gasteiger partial charge on any atom is 0.337 e. The Morgan fingerprint density at radius 2 is 2.05 bits per heavy atom. The molecule has 0 aromatic heterocycles. The highest BCUT2D eigenvalue weighted by atomic mass is 32.2. The zero-order valence-corrected chi connectivity index (χ0v) is 10.7. The SMILES string of the molecule is COC(=O)CNS(=O)(=O)c1cc(N)ccc1C(=O)O. The molecule has 0 saturated carbocycles. The van der Waals surface area contributed by atoms with Crippen molar-refractivity contribution in [2.24, 2.45) is 0 Å². The van der Waals surface area contributed by atoms with Crippen LogP contribution in [0.15, 0.2) is 23.1 Å². The van der Waals surface area contributed by atoms with E-state index in [9.17, 15) is 18.0 Å². The quantitative estimate of drug-likeness (QED) is 0.487. The van der Waals surface area contributed by atoms with Crippen LogP contribution in [-0.4, -0.2) is 39.1 Å². The first-order valence-corrected chi connectivity index (χ1v) is 6.45. The molecule has 0 aliphatic heterocycles. The van der Waals surface area contributed by atoms with Crippen LogP contribution in [0.4, 0.5) is 5.69 Å². The topological polar surface area (TPSA) is 136 Å². The van der Waals surface area contributed by atoms with Crippen LogP contribution in [0.1, 0.15) is 10.4 Å². The number of carboxylic acid groups (broad SMARTS) is 1. The number of sulfonamides is 1. The van der Waals surface area contributed by atoms with E-state index < -0.39 is 39.0 Å². The minimum absolute atomic E-state index is 0.0865. The summed E-state index contributed by atoms with van der Waals surface area (Å²) in [6.07, 6.45) is 0. The lowest BCUT2D eigenvalue weighted by Crippen LogP contribution is -2.31. The molecule has 0 aliphatic carbocycles. The number of esters is 1. The lowest BCUT2D eigenvalue weighted by molar-refractivity contribution is -0.139. The molecule has 0 aliphatic rings. The van der Waals surface area contributed by atoms with Crippen LogP contribution < -0.4 is 10.5 Å². The molecule has 0 heterocycles. The predicted molar refractivity (Wildman–Crippen MR) is 65.0 cm³/mol. The van der Waals surface area contributed by atoms with Crippen molar-refractivity contribution >= 4 is 27.6 Å². The fourth-order valence-corrected chi connectivity index (χ4v) is 2.44. The molecule has 0 unspecified atom stereocenters. The Morgan fingerprint density at radius 3 is 2.58 bits per heavy atom. The molecule has 0 fully saturated rings. The average molecular weight is 288 g/mol. The van der Waals surface area contributed by atoms with E-state index in [-0.39, 0.29) is 5.69 Å². The summed E-state index contributed by atoms with van der Waals surface area (Å²) >= 11 is 0. The molecular formula is C10H12N2O6S. The van der Waals surface area contributed by atoms with Gasteiger partial charge in [-0.1, -0.05) is 0 Å². The van der Waals surface area contributed by atoms with E-state index in [1.54, 1.807) is 0 Å². The molecule has 0 saturated heterocycles. The van der Waals surface area contributed by atoms with Gasteiger partial charge < -0.3 is 15.6 Å². The van der Waals surface area contributed by atoms with E-state index in [1.165, 1.54) is 6.07 Å². The zero-order valence-electron chi connectivity index (χ0n) is 9.91. The third-order valence-electron chi connectivity index (χ3n) is 2.16. The second-order valence-electron chi connectivity index (χ2n) is 3.46. The highest BCUT2D eigenvalue weighted by molar-refractivity contribution is 7.89. The number of rotatable bonds is 5. The number of anilines is 1. The Hall–Kier alpha value is -2.13. The van der Waals surface area contributed by atoms with Crippen LogP contribution in [0.3, 0.4) is 0 Å². The number of carbonyl (C=O) groups is 2. The van der Waals surface area contributed by atoms with E-state index in [4.69, 9.17) is 10.8 Å². The number of ether oxygens (including phenoxy) is 1. The molecule has 19 heavy (non-hydrogen) atoms. The number of nitrogens with two attached hydrogens (primary N) is 1. The number of nitrogens with one attached hydrogen (secondary N) is 1. The fourth-order valence-electron chi connectivity index (χ4n) is 1.24. The lowest BCUT2D eigenvalue weighted by Gasteiger charge is -2.09. The third kappa shape index (κ3) is 3.66. The Labute approximate surface area is 109 Å². The van der Waals surface area contributed by atoms with E-state index >= 15 is 0 Å². The van der Waals surface area contributed by atoms with Crippen molar-refractivity contribution in [3.8, 4) is 0 Å². The van der Waals surface area contributed by atoms with Crippen molar-refractivity contribution in [1.29, 1.82) is 0 Å². The van der Waals surface area contributed by atoms with Crippen molar-refractivity contribution in [2.45, 2.75) is 4.90 Å². The third-order valence-corrected chi connectivity index (χ3v) is 3.60. The molecule has 104 valence electrons. The molecule has 1 aromatic carbocycles. The number of methoxy groups -OCH3 is 1. The first-order valence-electron chi connectivity index (χ1n) is 4.97. The minimum Gasteiger partial charge on any atom is -0.478 e. The van der Waals surface area contributed by atoms with Gasteiger partial charge in [-0.15, -0.1) is 0 Å². The first kappa shape index (κ1) is 14.9. The molecule has 1 aromatic rings. The summed E-state index contributed by atoms with van der Waals surface area (Å²) < 4.78 is 30.0. The Balaban J connectivity index is 3.16. The number of carbonyl (C=O) groups excluding carboxylic acids is 1. The van der Waals surface area contributed by atoms with Gasteiger partial charge in [0.1, 0.15) is 6.54 Å². The van der Waals surface area contributed by atoms with Gasteiger partial charge in [0.2, 0.25) is 10.0 Å². The molecule has 0 radical (unpaired) electrons.